The van der Waals surface area contributed by atoms with E-state index < -0.39 is 0 Å². The highest BCUT2D eigenvalue weighted by Gasteiger charge is 2.49. The van der Waals surface area contributed by atoms with E-state index in [-0.39, 0.29) is 10.8 Å². The summed E-state index contributed by atoms with van der Waals surface area (Å²) in [7, 11) is 0. The normalized spacial score (nSPS) is 38.9. The lowest BCUT2D eigenvalue weighted by Gasteiger charge is -2.32. The molecular weight excluding hydrogens is 432 g/mol. The molecule has 0 aliphatic heterocycles. The zero-order valence-electron chi connectivity index (χ0n) is 23.8. The lowest BCUT2D eigenvalue weighted by atomic mass is 9.73. The molecule has 0 aromatic rings. The second-order valence-corrected chi connectivity index (χ2v) is 14.6. The van der Waals surface area contributed by atoms with Crippen molar-refractivity contribution >= 4 is 0 Å². The largest absolute Gasteiger partial charge is 0.103 e. The molecule has 5 aliphatic carbocycles. The van der Waals surface area contributed by atoms with Crippen molar-refractivity contribution in [3.05, 3.63) is 84.6 Å². The lowest BCUT2D eigenvalue weighted by Crippen LogP contribution is -2.22. The molecule has 194 valence electrons. The quantitative estimate of drug-likeness (QED) is 0.330. The standard InChI is InChI=1S/C36H50/c1-8-9-12-24-21-25(29-14-11-10-13-28(24)29)15-18-32-33-22-26(35(2,3)4)16-19-30(33)31-20-17-27(23-34(31)32)36(5,6)7/h8,10-11,13-14,16-17,19-20,22-25,28-34H,1,9,12,15,18,21H2,2-7H3. The molecule has 8 atom stereocenters. The van der Waals surface area contributed by atoms with E-state index in [4.69, 9.17) is 0 Å². The summed E-state index contributed by atoms with van der Waals surface area (Å²) in [5.74, 6) is 6.58. The van der Waals surface area contributed by atoms with Crippen molar-refractivity contribution in [3.8, 4) is 0 Å². The number of rotatable bonds is 6. The lowest BCUT2D eigenvalue weighted by molar-refractivity contribution is 0.287. The highest BCUT2D eigenvalue weighted by molar-refractivity contribution is 5.38. The maximum atomic E-state index is 4.00. The maximum Gasteiger partial charge on any atom is -0.00954 e. The summed E-state index contributed by atoms with van der Waals surface area (Å²) < 4.78 is 0. The van der Waals surface area contributed by atoms with E-state index >= 15 is 0 Å². The van der Waals surface area contributed by atoms with Gasteiger partial charge in [-0.25, -0.2) is 0 Å². The Bertz CT molecular complexity index is 957. The van der Waals surface area contributed by atoms with Crippen LogP contribution in [-0.2, 0) is 0 Å². The van der Waals surface area contributed by atoms with Crippen LogP contribution in [-0.4, -0.2) is 0 Å². The van der Waals surface area contributed by atoms with Crippen molar-refractivity contribution in [1.29, 1.82) is 0 Å². The van der Waals surface area contributed by atoms with E-state index in [1.165, 1.54) is 25.7 Å². The second kappa shape index (κ2) is 9.81. The van der Waals surface area contributed by atoms with Gasteiger partial charge in [-0.05, 0) is 107 Å². The van der Waals surface area contributed by atoms with Crippen LogP contribution in [0.4, 0.5) is 0 Å². The van der Waals surface area contributed by atoms with E-state index in [2.05, 4.69) is 115 Å². The second-order valence-electron chi connectivity index (χ2n) is 14.6. The highest BCUT2D eigenvalue weighted by Crippen LogP contribution is 2.57. The summed E-state index contributed by atoms with van der Waals surface area (Å²) >= 11 is 0. The molecule has 0 radical (unpaired) electrons. The first-order chi connectivity index (χ1) is 17.1. The molecule has 0 amide bonds. The Morgan fingerprint density at radius 1 is 0.667 bits per heavy atom. The summed E-state index contributed by atoms with van der Waals surface area (Å²) in [6, 6.07) is 0. The van der Waals surface area contributed by atoms with Crippen LogP contribution in [0.2, 0.25) is 0 Å². The van der Waals surface area contributed by atoms with Gasteiger partial charge in [0.1, 0.15) is 0 Å². The molecule has 0 nitrogen and oxygen atoms in total. The zero-order valence-corrected chi connectivity index (χ0v) is 23.8. The Labute approximate surface area is 222 Å². The summed E-state index contributed by atoms with van der Waals surface area (Å²) in [5, 5.41) is 0. The molecule has 0 heterocycles. The maximum absolute atomic E-state index is 4.00. The predicted octanol–water partition coefficient (Wildman–Crippen LogP) is 9.91. The highest BCUT2D eigenvalue weighted by atomic mass is 14.5. The Hall–Kier alpha value is -1.82. The van der Waals surface area contributed by atoms with Crippen LogP contribution >= 0.6 is 0 Å². The number of hydrogen-bond acceptors (Lipinski definition) is 0. The van der Waals surface area contributed by atoms with Gasteiger partial charge in [0.25, 0.3) is 0 Å². The number of allylic oxidation sites excluding steroid dienone is 13. The molecule has 0 N–H and O–H groups in total. The molecular formula is C36H50. The third-order valence-corrected chi connectivity index (χ3v) is 10.3. The first-order valence-corrected chi connectivity index (χ1v) is 14.8. The van der Waals surface area contributed by atoms with Gasteiger partial charge >= 0.3 is 0 Å². The molecule has 5 rings (SSSR count). The molecule has 5 aliphatic rings. The minimum atomic E-state index is 0.221. The van der Waals surface area contributed by atoms with Gasteiger partial charge in [-0.15, -0.1) is 6.58 Å². The SMILES string of the molecule is C=CCCC1CC(CCC2C3C=C(C(C)(C)C)C=CC3C3C=CC(C(C)(C)C)=CC32)C2C=CC=CC12. The van der Waals surface area contributed by atoms with Gasteiger partial charge in [0.2, 0.25) is 0 Å². The average Bonchev–Trinajstić information content (AvgIpc) is 3.34. The average molecular weight is 483 g/mol. The fourth-order valence-electron chi connectivity index (χ4n) is 8.31. The van der Waals surface area contributed by atoms with Gasteiger partial charge in [0.15, 0.2) is 0 Å². The Morgan fingerprint density at radius 3 is 1.64 bits per heavy atom. The Balaban J connectivity index is 1.40. The minimum Gasteiger partial charge on any atom is -0.103 e. The van der Waals surface area contributed by atoms with Crippen molar-refractivity contribution in [2.24, 2.45) is 64.1 Å². The van der Waals surface area contributed by atoms with Gasteiger partial charge < -0.3 is 0 Å². The van der Waals surface area contributed by atoms with Gasteiger partial charge in [0.05, 0.1) is 0 Å². The molecule has 2 saturated carbocycles. The van der Waals surface area contributed by atoms with E-state index in [9.17, 15) is 0 Å². The fourth-order valence-corrected chi connectivity index (χ4v) is 8.31. The first-order valence-electron chi connectivity index (χ1n) is 14.8. The van der Waals surface area contributed by atoms with Crippen LogP contribution in [0.3, 0.4) is 0 Å². The van der Waals surface area contributed by atoms with Crippen LogP contribution in [0.1, 0.15) is 73.6 Å². The van der Waals surface area contributed by atoms with E-state index in [0.29, 0.717) is 23.7 Å². The molecule has 2 fully saturated rings. The van der Waals surface area contributed by atoms with Crippen molar-refractivity contribution < 1.29 is 0 Å². The summed E-state index contributed by atoms with van der Waals surface area (Å²) in [6.45, 7) is 18.3. The number of fused-ring (bicyclic) bond motifs is 4. The van der Waals surface area contributed by atoms with Crippen molar-refractivity contribution in [2.75, 3.05) is 0 Å². The molecule has 0 spiro atoms. The summed E-state index contributed by atoms with van der Waals surface area (Å²) in [4.78, 5) is 0. The molecule has 36 heavy (non-hydrogen) atoms. The summed E-state index contributed by atoms with van der Waals surface area (Å²) in [6.07, 6.45) is 34.0. The zero-order chi connectivity index (χ0) is 25.7. The third kappa shape index (κ3) is 4.87. The van der Waals surface area contributed by atoms with Crippen LogP contribution < -0.4 is 0 Å². The topological polar surface area (TPSA) is 0 Å². The molecule has 0 saturated heterocycles. The van der Waals surface area contributed by atoms with Crippen molar-refractivity contribution in [2.45, 2.75) is 73.6 Å². The van der Waals surface area contributed by atoms with Crippen molar-refractivity contribution in [3.63, 3.8) is 0 Å². The summed E-state index contributed by atoms with van der Waals surface area (Å²) in [5.41, 5.74) is 3.53. The molecule has 0 aromatic heterocycles. The van der Waals surface area contributed by atoms with E-state index in [1.807, 2.05) is 0 Å². The smallest absolute Gasteiger partial charge is 0.00954 e. The first kappa shape index (κ1) is 25.8. The Morgan fingerprint density at radius 2 is 1.17 bits per heavy atom. The van der Waals surface area contributed by atoms with Crippen LogP contribution in [0, 0.1) is 64.1 Å². The van der Waals surface area contributed by atoms with Gasteiger partial charge in [-0.2, -0.15) is 0 Å². The molecule has 0 aromatic carbocycles. The van der Waals surface area contributed by atoms with Crippen LogP contribution in [0.25, 0.3) is 0 Å². The van der Waals surface area contributed by atoms with Gasteiger partial charge in [-0.1, -0.05) is 108 Å². The predicted molar refractivity (Wildman–Crippen MR) is 156 cm³/mol. The van der Waals surface area contributed by atoms with Gasteiger partial charge in [0, 0.05) is 0 Å². The van der Waals surface area contributed by atoms with Crippen molar-refractivity contribution in [1.82, 2.24) is 0 Å². The van der Waals surface area contributed by atoms with Crippen LogP contribution in [0.15, 0.2) is 84.6 Å². The van der Waals surface area contributed by atoms with Crippen LogP contribution in [0.5, 0.6) is 0 Å². The fraction of sp³-hybridized carbons (Fsp3) is 0.611. The third-order valence-electron chi connectivity index (χ3n) is 10.3. The molecule has 0 bridgehead atoms. The van der Waals surface area contributed by atoms with E-state index in [0.717, 1.165) is 36.0 Å². The van der Waals surface area contributed by atoms with E-state index in [1.54, 1.807) is 11.1 Å². The molecule has 8 unspecified atom stereocenters. The van der Waals surface area contributed by atoms with Gasteiger partial charge in [-0.3, -0.25) is 0 Å². The minimum absolute atomic E-state index is 0.221. The molecule has 0 heteroatoms. The monoisotopic (exact) mass is 482 g/mol. The number of hydrogen-bond donors (Lipinski definition) is 0. The Kier molecular flexibility index (Phi) is 7.03.